The largest absolute Gasteiger partial charge is 0.456 e. The van der Waals surface area contributed by atoms with Crippen LogP contribution >= 0.6 is 0 Å². The summed E-state index contributed by atoms with van der Waals surface area (Å²) in [6, 6.07) is 14.8. The molecule has 7 rings (SSSR count). The van der Waals surface area contributed by atoms with Gasteiger partial charge in [-0.2, -0.15) is 0 Å². The Balaban J connectivity index is 1.34. The van der Waals surface area contributed by atoms with Crippen LogP contribution in [0.4, 0.5) is 4.79 Å². The minimum absolute atomic E-state index is 0.0104. The van der Waals surface area contributed by atoms with E-state index in [1.165, 1.54) is 19.1 Å². The van der Waals surface area contributed by atoms with Crippen LogP contribution < -0.4 is 5.32 Å². The first-order valence-corrected chi connectivity index (χ1v) is 19.4. The number of Topliss-reactive ketones (excluding diaryl/α,β-unsaturated/α-hetero) is 1. The zero-order chi connectivity index (χ0) is 42.3. The lowest BCUT2D eigenvalue weighted by molar-refractivity contribution is -0.325. The molecule has 5 unspecified atom stereocenters. The molecule has 4 N–H and O–H groups in total. The summed E-state index contributed by atoms with van der Waals surface area (Å²) in [7, 11) is 0. The summed E-state index contributed by atoms with van der Waals surface area (Å²) in [5.74, 6) is -4.90. The number of carbonyl (C=O) groups is 5. The number of aliphatic hydroxyl groups excluding tert-OH is 2. The highest BCUT2D eigenvalue weighted by atomic mass is 16.7. The van der Waals surface area contributed by atoms with Gasteiger partial charge in [0.05, 0.1) is 35.6 Å². The van der Waals surface area contributed by atoms with Gasteiger partial charge in [-0.3, -0.25) is 9.59 Å². The molecule has 2 aromatic carbocycles. The zero-order valence-electron chi connectivity index (χ0n) is 33.7. The first-order chi connectivity index (χ1) is 27.1. The molecule has 2 heterocycles. The summed E-state index contributed by atoms with van der Waals surface area (Å²) in [5, 5.41) is 39.9. The van der Waals surface area contributed by atoms with E-state index in [0.29, 0.717) is 5.56 Å². The molecule has 12 atom stereocenters. The van der Waals surface area contributed by atoms with Gasteiger partial charge in [-0.1, -0.05) is 62.4 Å². The molecular weight excluding hydrogens is 754 g/mol. The minimum Gasteiger partial charge on any atom is -0.456 e. The van der Waals surface area contributed by atoms with Crippen molar-refractivity contribution >= 4 is 29.8 Å². The lowest BCUT2D eigenvalue weighted by Gasteiger charge is -2.65. The molecular formula is C43H51NO14. The van der Waals surface area contributed by atoms with E-state index in [9.17, 15) is 34.5 Å². The summed E-state index contributed by atoms with van der Waals surface area (Å²) in [6.45, 7) is 12.2. The van der Waals surface area contributed by atoms with Gasteiger partial charge >= 0.3 is 24.0 Å². The number of alkyl carbamates (subject to hydrolysis) is 1. The fraction of sp³-hybridized carbons (Fsp3) is 0.558. The molecule has 4 fully saturated rings. The molecule has 0 spiro atoms. The minimum atomic E-state index is -2.28. The number of ketones is 1. The van der Waals surface area contributed by atoms with Gasteiger partial charge in [-0.05, 0) is 63.5 Å². The molecule has 2 saturated heterocycles. The van der Waals surface area contributed by atoms with Crippen molar-refractivity contribution < 1.29 is 67.7 Å². The number of hydrogen-bond donors (Lipinski definition) is 4. The maximum absolute atomic E-state index is 15.1. The fourth-order valence-electron chi connectivity index (χ4n) is 9.95. The lowest BCUT2D eigenvalue weighted by atomic mass is 9.45. The van der Waals surface area contributed by atoms with E-state index in [0.717, 1.165) is 0 Å². The van der Waals surface area contributed by atoms with Crippen LogP contribution in [0.3, 0.4) is 0 Å². The second-order valence-corrected chi connectivity index (χ2v) is 17.8. The van der Waals surface area contributed by atoms with Crippen LogP contribution in [0.1, 0.15) is 83.8 Å². The summed E-state index contributed by atoms with van der Waals surface area (Å²) >= 11 is 0. The third-order valence-corrected chi connectivity index (χ3v) is 12.8. The van der Waals surface area contributed by atoms with Gasteiger partial charge in [-0.15, -0.1) is 0 Å². The van der Waals surface area contributed by atoms with Crippen LogP contribution in [0.2, 0.25) is 0 Å². The molecule has 15 nitrogen and oxygen atoms in total. The first kappa shape index (κ1) is 41.5. The Kier molecular flexibility index (Phi) is 10.2. The van der Waals surface area contributed by atoms with Crippen LogP contribution in [0, 0.1) is 16.7 Å². The molecule has 3 aliphatic carbocycles. The fourth-order valence-corrected chi connectivity index (χ4v) is 9.95. The van der Waals surface area contributed by atoms with Crippen molar-refractivity contribution in [1.82, 2.24) is 5.32 Å². The van der Waals surface area contributed by atoms with Gasteiger partial charge < -0.3 is 49.1 Å². The predicted molar refractivity (Wildman–Crippen MR) is 202 cm³/mol. The number of ether oxygens (including phenoxy) is 6. The number of esters is 3. The summed E-state index contributed by atoms with van der Waals surface area (Å²) in [4.78, 5) is 69.2. The summed E-state index contributed by atoms with van der Waals surface area (Å²) in [6.07, 6.45) is -10.9. The molecule has 2 aromatic rings. The molecule has 2 saturated carbocycles. The highest BCUT2D eigenvalue weighted by Gasteiger charge is 2.84. The second kappa shape index (κ2) is 14.3. The quantitative estimate of drug-likeness (QED) is 0.130. The predicted octanol–water partition coefficient (Wildman–Crippen LogP) is 3.28. The molecule has 15 heteroatoms. The summed E-state index contributed by atoms with van der Waals surface area (Å²) < 4.78 is 35.9. The topological polar surface area (TPSA) is 217 Å². The molecule has 0 aromatic heterocycles. The molecule has 312 valence electrons. The Labute approximate surface area is 336 Å². The Morgan fingerprint density at radius 1 is 0.948 bits per heavy atom. The number of carbonyl (C=O) groups excluding carboxylic acids is 5. The maximum atomic E-state index is 15.1. The number of amides is 1. The molecule has 58 heavy (non-hydrogen) atoms. The highest BCUT2D eigenvalue weighted by molar-refractivity contribution is 5.94. The lowest BCUT2D eigenvalue weighted by Crippen LogP contribution is -2.81. The molecule has 2 aliphatic heterocycles. The third kappa shape index (κ3) is 6.51. The van der Waals surface area contributed by atoms with Gasteiger partial charge in [0.2, 0.25) is 0 Å². The molecule has 0 radical (unpaired) electrons. The number of nitrogens with one attached hydrogen (secondary N) is 1. The van der Waals surface area contributed by atoms with Crippen LogP contribution in [0.5, 0.6) is 0 Å². The van der Waals surface area contributed by atoms with E-state index >= 15 is 4.79 Å². The number of hydrogen-bond acceptors (Lipinski definition) is 14. The number of aliphatic hydroxyl groups is 3. The van der Waals surface area contributed by atoms with E-state index in [-0.39, 0.29) is 23.3 Å². The van der Waals surface area contributed by atoms with E-state index < -0.39 is 119 Å². The Hall–Kier alpha value is -4.67. The van der Waals surface area contributed by atoms with Gasteiger partial charge in [0.15, 0.2) is 17.5 Å². The third-order valence-electron chi connectivity index (χ3n) is 12.8. The van der Waals surface area contributed by atoms with Crippen molar-refractivity contribution in [2.24, 2.45) is 16.7 Å². The first-order valence-electron chi connectivity index (χ1n) is 19.4. The highest BCUT2D eigenvalue weighted by Crippen LogP contribution is 2.68. The maximum Gasteiger partial charge on any atom is 0.408 e. The Morgan fingerprint density at radius 2 is 1.57 bits per heavy atom. The van der Waals surface area contributed by atoms with Crippen molar-refractivity contribution in [2.45, 2.75) is 127 Å². The average molecular weight is 806 g/mol. The van der Waals surface area contributed by atoms with Gasteiger partial charge in [0.1, 0.15) is 41.7 Å². The van der Waals surface area contributed by atoms with Crippen LogP contribution in [-0.2, 0) is 42.8 Å². The van der Waals surface area contributed by atoms with Crippen LogP contribution in [-0.4, -0.2) is 111 Å². The van der Waals surface area contributed by atoms with E-state index in [1.807, 2.05) is 0 Å². The standard InChI is InChI=1S/C43H51NO14/c1-21-25(54-37(50)29(47)27(23-15-11-9-12-16-23)44-38(51)58-39(3,4)5)19-43(52)35(56-36(49)24-17-13-10-14-18-24)31-41(8,32(48)28(46)26(21)40(43,6)7)33-30(55-33)34-42(31,20-53-34)57-22(2)45/h9-18,25,27-31,33-35,46-47,52H,19-20H2,1-8H3,(H,44,51)/t25?,27-,28+,29?,30?,31-,33?,34+,35?,41+,42+,43+/m0/s1. The second-order valence-electron chi connectivity index (χ2n) is 17.8. The Bertz CT molecular complexity index is 2030. The summed E-state index contributed by atoms with van der Waals surface area (Å²) in [5.41, 5.74) is -7.45. The normalized spacial score (nSPS) is 35.5. The number of rotatable bonds is 8. The zero-order valence-corrected chi connectivity index (χ0v) is 33.7. The van der Waals surface area contributed by atoms with Crippen molar-refractivity contribution in [3.8, 4) is 0 Å². The van der Waals surface area contributed by atoms with E-state index in [2.05, 4.69) is 5.32 Å². The Morgan fingerprint density at radius 3 is 2.14 bits per heavy atom. The van der Waals surface area contributed by atoms with Gasteiger partial charge in [0.25, 0.3) is 0 Å². The smallest absolute Gasteiger partial charge is 0.408 e. The molecule has 5 aliphatic rings. The van der Waals surface area contributed by atoms with Crippen molar-refractivity contribution in [1.29, 1.82) is 0 Å². The molecule has 1 amide bonds. The van der Waals surface area contributed by atoms with Gasteiger partial charge in [0, 0.05) is 18.8 Å². The van der Waals surface area contributed by atoms with E-state index in [4.69, 9.17) is 28.4 Å². The number of benzene rings is 2. The number of epoxide rings is 1. The van der Waals surface area contributed by atoms with E-state index in [1.54, 1.807) is 97.0 Å². The number of fused-ring (bicyclic) bond motifs is 8. The van der Waals surface area contributed by atoms with Crippen LogP contribution in [0.15, 0.2) is 71.8 Å². The van der Waals surface area contributed by atoms with Gasteiger partial charge in [-0.25, -0.2) is 14.4 Å². The van der Waals surface area contributed by atoms with Crippen molar-refractivity contribution in [3.05, 3.63) is 82.9 Å². The van der Waals surface area contributed by atoms with Crippen molar-refractivity contribution in [3.63, 3.8) is 0 Å². The monoisotopic (exact) mass is 805 g/mol. The van der Waals surface area contributed by atoms with Crippen LogP contribution in [0.25, 0.3) is 0 Å². The van der Waals surface area contributed by atoms with Crippen molar-refractivity contribution in [2.75, 3.05) is 6.61 Å². The average Bonchev–Trinajstić information content (AvgIpc) is 3.93. The SMILES string of the molecule is CC(=O)O[C@@]12CO[C@@H]1C1OC1[C@@]1(C)C(=O)[C@H](O)C3=C(C)C(OC(=O)C(O)[C@@H](NC(=O)OC(C)(C)C)c4ccccc4)C[C@@](O)(C(OC(=O)c4ccccc4)[C@H]21)C3(C)C. The molecule has 2 bridgehead atoms.